The molecule has 0 aromatic heterocycles. The first-order chi connectivity index (χ1) is 18.0. The summed E-state index contributed by atoms with van der Waals surface area (Å²) in [6, 6.07) is 11.8. The number of ketones is 2. The third-order valence-electron chi connectivity index (χ3n) is 5.41. The van der Waals surface area contributed by atoms with E-state index < -0.39 is 80.2 Å². The molecule has 4 rings (SSSR count). The number of para-hydroxylation sites is 2. The molecule has 0 saturated heterocycles. The fraction of sp³-hybridized carbons (Fsp3) is 0. The summed E-state index contributed by atoms with van der Waals surface area (Å²) in [6.07, 6.45) is 0. The van der Waals surface area contributed by atoms with E-state index in [0.29, 0.717) is 12.1 Å². The summed E-state index contributed by atoms with van der Waals surface area (Å²) in [4.78, 5) is 35.8. The molecular formula is C26H18O12. The van der Waals surface area contributed by atoms with Crippen LogP contribution in [0.15, 0.2) is 60.7 Å². The van der Waals surface area contributed by atoms with Gasteiger partial charge in [-0.3, -0.25) is 19.4 Å². The zero-order chi connectivity index (χ0) is 27.7. The average molecular weight is 522 g/mol. The highest BCUT2D eigenvalue weighted by Gasteiger charge is 2.30. The van der Waals surface area contributed by atoms with Crippen LogP contribution in [0.2, 0.25) is 0 Å². The van der Waals surface area contributed by atoms with Crippen LogP contribution in [0.1, 0.15) is 31.8 Å². The summed E-state index contributed by atoms with van der Waals surface area (Å²) < 4.78 is 0. The minimum Gasteiger partial charge on any atom is -0.507 e. The van der Waals surface area contributed by atoms with Crippen molar-refractivity contribution in [2.45, 2.75) is 0 Å². The lowest BCUT2D eigenvalue weighted by Crippen LogP contribution is -2.10. The minimum absolute atomic E-state index is 0.260. The second kappa shape index (κ2) is 9.70. The number of hydrogen-bond donors (Lipinski definition) is 8. The molecule has 12 heteroatoms. The Morgan fingerprint density at radius 3 is 1.61 bits per heavy atom. The van der Waals surface area contributed by atoms with Gasteiger partial charge in [-0.1, -0.05) is 24.3 Å². The molecule has 0 aliphatic heterocycles. The molecule has 8 N–H and O–H groups in total. The highest BCUT2D eigenvalue weighted by atomic mass is 17.2. The lowest BCUT2D eigenvalue weighted by atomic mass is 10.00. The van der Waals surface area contributed by atoms with E-state index in [1.54, 1.807) is 0 Å². The summed E-state index contributed by atoms with van der Waals surface area (Å²) in [6.45, 7) is 0. The molecule has 0 aliphatic rings. The zero-order valence-corrected chi connectivity index (χ0v) is 19.0. The Morgan fingerprint density at radius 1 is 0.500 bits per heavy atom. The van der Waals surface area contributed by atoms with Gasteiger partial charge in [0, 0.05) is 6.07 Å². The van der Waals surface area contributed by atoms with Gasteiger partial charge in [0.2, 0.25) is 23.1 Å². The number of carbonyl (C=O) groups is 2. The second-order valence-electron chi connectivity index (χ2n) is 7.79. The first-order valence-corrected chi connectivity index (χ1v) is 10.6. The molecular weight excluding hydrogens is 504 g/mol. The van der Waals surface area contributed by atoms with E-state index in [2.05, 4.69) is 0 Å². The van der Waals surface area contributed by atoms with Gasteiger partial charge in [-0.25, -0.2) is 0 Å². The van der Waals surface area contributed by atoms with Gasteiger partial charge in [0.1, 0.15) is 17.1 Å². The topological polar surface area (TPSA) is 214 Å². The SMILES string of the molecule is O=C(c1ccccc1O)c1cc(O)c(O)c(OOc2cc(O)c(O)c(O)c2C(=O)c2ccccc2O)c1O. The van der Waals surface area contributed by atoms with Crippen LogP contribution in [0.3, 0.4) is 0 Å². The summed E-state index contributed by atoms with van der Waals surface area (Å²) in [7, 11) is 0. The summed E-state index contributed by atoms with van der Waals surface area (Å²) in [5.41, 5.74) is -2.02. The van der Waals surface area contributed by atoms with Crippen molar-refractivity contribution in [3.05, 3.63) is 82.9 Å². The van der Waals surface area contributed by atoms with E-state index >= 15 is 0 Å². The van der Waals surface area contributed by atoms with Crippen LogP contribution in [0.4, 0.5) is 0 Å². The van der Waals surface area contributed by atoms with Crippen LogP contribution < -0.4 is 9.78 Å². The molecule has 194 valence electrons. The van der Waals surface area contributed by atoms with Crippen LogP contribution in [0.5, 0.6) is 57.5 Å². The van der Waals surface area contributed by atoms with Crippen molar-refractivity contribution in [3.8, 4) is 57.5 Å². The Morgan fingerprint density at radius 2 is 1.03 bits per heavy atom. The smallest absolute Gasteiger partial charge is 0.266 e. The zero-order valence-electron chi connectivity index (χ0n) is 19.0. The number of carbonyl (C=O) groups excluding carboxylic acids is 2. The number of hydrogen-bond acceptors (Lipinski definition) is 12. The monoisotopic (exact) mass is 522 g/mol. The van der Waals surface area contributed by atoms with Gasteiger partial charge in [-0.2, -0.15) is 0 Å². The van der Waals surface area contributed by atoms with Crippen molar-refractivity contribution < 1.29 is 60.2 Å². The molecule has 0 atom stereocenters. The van der Waals surface area contributed by atoms with E-state index in [-0.39, 0.29) is 11.1 Å². The highest BCUT2D eigenvalue weighted by Crippen LogP contribution is 2.48. The lowest BCUT2D eigenvalue weighted by molar-refractivity contribution is -0.104. The quantitative estimate of drug-likeness (QED) is 0.0577. The van der Waals surface area contributed by atoms with Gasteiger partial charge >= 0.3 is 0 Å². The van der Waals surface area contributed by atoms with Gasteiger partial charge in [-0.15, -0.1) is 0 Å². The van der Waals surface area contributed by atoms with Crippen LogP contribution in [0, 0.1) is 0 Å². The maximum atomic E-state index is 13.0. The standard InChI is InChI=1S/C26H18O12/c27-14-7-3-1-5-11(14)20(31)13-9-16(29)24(35)26(22(13)33)38-37-18-10-17(30)23(34)25(36)19(18)21(32)12-6-2-4-8-15(12)28/h1-10,27-30,33-36H. The molecule has 0 fully saturated rings. The summed E-state index contributed by atoms with van der Waals surface area (Å²) in [5, 5.41) is 81.1. The van der Waals surface area contributed by atoms with E-state index in [1.165, 1.54) is 48.5 Å². The third kappa shape index (κ3) is 4.33. The van der Waals surface area contributed by atoms with Crippen molar-refractivity contribution in [1.29, 1.82) is 0 Å². The Hall–Kier alpha value is -5.78. The second-order valence-corrected chi connectivity index (χ2v) is 7.79. The average Bonchev–Trinajstić information content (AvgIpc) is 2.89. The molecule has 12 nitrogen and oxygen atoms in total. The molecule has 0 spiro atoms. The van der Waals surface area contributed by atoms with Crippen molar-refractivity contribution >= 4 is 11.6 Å². The molecule has 0 aliphatic carbocycles. The first kappa shape index (κ1) is 25.3. The van der Waals surface area contributed by atoms with Crippen molar-refractivity contribution in [2.24, 2.45) is 0 Å². The molecule has 0 bridgehead atoms. The fourth-order valence-corrected chi connectivity index (χ4v) is 3.48. The lowest BCUT2D eigenvalue weighted by Gasteiger charge is -2.16. The number of phenols is 8. The molecule has 0 heterocycles. The van der Waals surface area contributed by atoms with Crippen molar-refractivity contribution in [2.75, 3.05) is 0 Å². The largest absolute Gasteiger partial charge is 0.507 e. The van der Waals surface area contributed by atoms with Crippen molar-refractivity contribution in [3.63, 3.8) is 0 Å². The van der Waals surface area contributed by atoms with Crippen LogP contribution >= 0.6 is 0 Å². The predicted molar refractivity (Wildman–Crippen MR) is 127 cm³/mol. The number of benzene rings is 4. The van der Waals surface area contributed by atoms with E-state index in [9.17, 15) is 50.4 Å². The molecule has 0 saturated carbocycles. The maximum Gasteiger partial charge on any atom is 0.266 e. The predicted octanol–water partition coefficient (Wildman–Crippen LogP) is 3.17. The molecule has 0 unspecified atom stereocenters. The molecule has 0 amide bonds. The van der Waals surface area contributed by atoms with Crippen molar-refractivity contribution in [1.82, 2.24) is 0 Å². The van der Waals surface area contributed by atoms with Crippen LogP contribution in [-0.4, -0.2) is 52.4 Å². The normalized spacial score (nSPS) is 10.6. The van der Waals surface area contributed by atoms with Crippen LogP contribution in [-0.2, 0) is 0 Å². The minimum atomic E-state index is -1.16. The van der Waals surface area contributed by atoms with E-state index in [1.807, 2.05) is 0 Å². The number of phenolic OH excluding ortho intramolecular Hbond substituents is 8. The van der Waals surface area contributed by atoms with E-state index in [4.69, 9.17) is 9.78 Å². The highest BCUT2D eigenvalue weighted by molar-refractivity contribution is 6.15. The molecule has 4 aromatic carbocycles. The van der Waals surface area contributed by atoms with Crippen LogP contribution in [0.25, 0.3) is 0 Å². The Labute approximate surface area is 212 Å². The molecule has 0 radical (unpaired) electrons. The van der Waals surface area contributed by atoms with Gasteiger partial charge in [0.15, 0.2) is 28.7 Å². The Balaban J connectivity index is 1.77. The first-order valence-electron chi connectivity index (χ1n) is 10.6. The molecule has 38 heavy (non-hydrogen) atoms. The van der Waals surface area contributed by atoms with Gasteiger partial charge < -0.3 is 40.9 Å². The fourth-order valence-electron chi connectivity index (χ4n) is 3.48. The third-order valence-corrected chi connectivity index (χ3v) is 5.41. The van der Waals surface area contributed by atoms with Gasteiger partial charge in [0.25, 0.3) is 5.75 Å². The van der Waals surface area contributed by atoms with Gasteiger partial charge in [-0.05, 0) is 30.3 Å². The van der Waals surface area contributed by atoms with Gasteiger partial charge in [0.05, 0.1) is 16.7 Å². The summed E-state index contributed by atoms with van der Waals surface area (Å²) in [5.74, 6) is -11.1. The Bertz CT molecular complexity index is 1590. The summed E-state index contributed by atoms with van der Waals surface area (Å²) >= 11 is 0. The van der Waals surface area contributed by atoms with E-state index in [0.717, 1.165) is 0 Å². The number of aromatic hydroxyl groups is 8. The maximum absolute atomic E-state index is 13.0. The Kier molecular flexibility index (Phi) is 6.46. The number of rotatable bonds is 7. The molecule has 4 aromatic rings.